The summed E-state index contributed by atoms with van der Waals surface area (Å²) in [6.45, 7) is 9.97. The fourth-order valence-corrected chi connectivity index (χ4v) is 4.21. The van der Waals surface area contributed by atoms with Crippen molar-refractivity contribution >= 4 is 15.9 Å². The number of hydrogen-bond donors (Lipinski definition) is 1. The first-order chi connectivity index (χ1) is 8.97. The zero-order chi connectivity index (χ0) is 14.4. The molecule has 0 aromatic carbocycles. The van der Waals surface area contributed by atoms with Gasteiger partial charge in [0.15, 0.2) is 0 Å². The lowest BCUT2D eigenvalue weighted by atomic mass is 9.80. The second-order valence-electron chi connectivity index (χ2n) is 6.76. The van der Waals surface area contributed by atoms with Crippen LogP contribution in [0.15, 0.2) is 0 Å². The summed E-state index contributed by atoms with van der Waals surface area (Å²) in [4.78, 5) is 2.59. The van der Waals surface area contributed by atoms with Crippen LogP contribution in [0.2, 0.25) is 0 Å². The van der Waals surface area contributed by atoms with E-state index < -0.39 is 5.60 Å². The third-order valence-electron chi connectivity index (χ3n) is 4.56. The van der Waals surface area contributed by atoms with Crippen LogP contribution in [0.3, 0.4) is 0 Å². The van der Waals surface area contributed by atoms with Gasteiger partial charge in [-0.25, -0.2) is 0 Å². The first kappa shape index (κ1) is 17.5. The Bertz CT molecular complexity index is 249. The van der Waals surface area contributed by atoms with Crippen molar-refractivity contribution in [3.05, 3.63) is 0 Å². The van der Waals surface area contributed by atoms with Gasteiger partial charge in [-0.15, -0.1) is 0 Å². The number of halogens is 1. The van der Waals surface area contributed by atoms with Crippen LogP contribution >= 0.6 is 15.9 Å². The molecular weight excluding hydrogens is 302 g/mol. The summed E-state index contributed by atoms with van der Waals surface area (Å²) >= 11 is 3.77. The smallest absolute Gasteiger partial charge is 0.0632 e. The molecule has 1 aliphatic rings. The van der Waals surface area contributed by atoms with Gasteiger partial charge in [0.05, 0.1) is 5.60 Å². The van der Waals surface area contributed by atoms with Crippen molar-refractivity contribution in [1.29, 1.82) is 0 Å². The molecule has 1 unspecified atom stereocenters. The van der Waals surface area contributed by atoms with Gasteiger partial charge in [0.25, 0.3) is 0 Å². The van der Waals surface area contributed by atoms with E-state index >= 15 is 0 Å². The number of hydrogen-bond acceptors (Lipinski definition) is 2. The van der Waals surface area contributed by atoms with E-state index in [0.717, 1.165) is 37.7 Å². The highest BCUT2D eigenvalue weighted by Crippen LogP contribution is 2.34. The Hall–Kier alpha value is 0.400. The normalized spacial score (nSPS) is 26.4. The molecule has 0 aliphatic carbocycles. The van der Waals surface area contributed by atoms with Gasteiger partial charge in [0.1, 0.15) is 0 Å². The Morgan fingerprint density at radius 3 is 2.32 bits per heavy atom. The molecule has 1 fully saturated rings. The molecule has 0 aromatic heterocycles. The van der Waals surface area contributed by atoms with Crippen LogP contribution in [0.1, 0.15) is 65.7 Å². The maximum absolute atomic E-state index is 10.2. The average Bonchev–Trinajstić information content (AvgIpc) is 2.51. The zero-order valence-electron chi connectivity index (χ0n) is 13.1. The topological polar surface area (TPSA) is 23.5 Å². The Kier molecular flexibility index (Phi) is 7.34. The molecular formula is C16H32BrNO. The Morgan fingerprint density at radius 1 is 1.16 bits per heavy atom. The van der Waals surface area contributed by atoms with Crippen LogP contribution in [0.5, 0.6) is 0 Å². The molecule has 0 radical (unpaired) electrons. The number of rotatable bonds is 7. The molecule has 1 saturated heterocycles. The third kappa shape index (κ3) is 5.73. The minimum Gasteiger partial charge on any atom is -0.390 e. The van der Waals surface area contributed by atoms with Crippen LogP contribution in [0.4, 0.5) is 0 Å². The zero-order valence-corrected chi connectivity index (χ0v) is 14.6. The summed E-state index contributed by atoms with van der Waals surface area (Å²) in [5.74, 6) is 0. The van der Waals surface area contributed by atoms with E-state index in [1.54, 1.807) is 0 Å². The molecule has 0 amide bonds. The molecule has 1 aliphatic heterocycles. The van der Waals surface area contributed by atoms with Crippen molar-refractivity contribution < 1.29 is 5.11 Å². The molecule has 19 heavy (non-hydrogen) atoms. The maximum atomic E-state index is 10.2. The van der Waals surface area contributed by atoms with Crippen LogP contribution in [0, 0.1) is 5.41 Å². The molecule has 114 valence electrons. The molecule has 2 nitrogen and oxygen atoms in total. The fourth-order valence-electron chi connectivity index (χ4n) is 3.47. The van der Waals surface area contributed by atoms with Gasteiger partial charge in [0.2, 0.25) is 0 Å². The van der Waals surface area contributed by atoms with Gasteiger partial charge in [-0.1, -0.05) is 42.6 Å². The van der Waals surface area contributed by atoms with Crippen LogP contribution in [-0.4, -0.2) is 40.6 Å². The average molecular weight is 334 g/mol. The molecule has 1 heterocycles. The van der Waals surface area contributed by atoms with Crippen molar-refractivity contribution in [2.45, 2.75) is 71.3 Å². The Labute approximate surface area is 128 Å². The molecule has 1 N–H and O–H groups in total. The van der Waals surface area contributed by atoms with Crippen LogP contribution in [0.25, 0.3) is 0 Å². The largest absolute Gasteiger partial charge is 0.390 e. The molecule has 3 heteroatoms. The lowest BCUT2D eigenvalue weighted by Gasteiger charge is -2.37. The summed E-state index contributed by atoms with van der Waals surface area (Å²) in [6.07, 6.45) is 8.13. The van der Waals surface area contributed by atoms with Gasteiger partial charge in [-0.3, -0.25) is 0 Å². The molecule has 1 rings (SSSR count). The van der Waals surface area contributed by atoms with Gasteiger partial charge in [-0.2, -0.15) is 0 Å². The number of nitrogens with zero attached hydrogens (tertiary/aromatic N) is 1. The van der Waals surface area contributed by atoms with E-state index in [9.17, 15) is 5.11 Å². The van der Waals surface area contributed by atoms with E-state index in [1.165, 1.54) is 32.2 Å². The fraction of sp³-hybridized carbons (Fsp3) is 1.00. The maximum Gasteiger partial charge on any atom is 0.0632 e. The SMILES string of the molecule is CCCC(CBr)(CCC)CN1CCCC(C)(O)CC1. The van der Waals surface area contributed by atoms with Crippen molar-refractivity contribution in [2.24, 2.45) is 5.41 Å². The predicted molar refractivity (Wildman–Crippen MR) is 87.0 cm³/mol. The Morgan fingerprint density at radius 2 is 1.79 bits per heavy atom. The van der Waals surface area contributed by atoms with Crippen LogP contribution < -0.4 is 0 Å². The molecule has 1 atom stereocenters. The van der Waals surface area contributed by atoms with Gasteiger partial charge >= 0.3 is 0 Å². The number of likely N-dealkylation sites (tertiary alicyclic amines) is 1. The minimum absolute atomic E-state index is 0.430. The molecule has 0 bridgehead atoms. The van der Waals surface area contributed by atoms with Crippen molar-refractivity contribution in [3.8, 4) is 0 Å². The lowest BCUT2D eigenvalue weighted by Crippen LogP contribution is -2.40. The highest BCUT2D eigenvalue weighted by atomic mass is 79.9. The van der Waals surface area contributed by atoms with Gasteiger partial charge < -0.3 is 10.0 Å². The van der Waals surface area contributed by atoms with Gasteiger partial charge in [0, 0.05) is 18.4 Å². The Balaban J connectivity index is 2.62. The minimum atomic E-state index is -0.443. The first-order valence-corrected chi connectivity index (χ1v) is 9.10. The van der Waals surface area contributed by atoms with Crippen molar-refractivity contribution in [1.82, 2.24) is 4.90 Å². The van der Waals surface area contributed by atoms with E-state index in [4.69, 9.17) is 0 Å². The number of alkyl halides is 1. The van der Waals surface area contributed by atoms with Crippen molar-refractivity contribution in [2.75, 3.05) is 25.0 Å². The van der Waals surface area contributed by atoms with E-state index in [1.807, 2.05) is 6.92 Å². The highest BCUT2D eigenvalue weighted by molar-refractivity contribution is 9.09. The third-order valence-corrected chi connectivity index (χ3v) is 5.75. The van der Waals surface area contributed by atoms with Crippen LogP contribution in [-0.2, 0) is 0 Å². The second-order valence-corrected chi connectivity index (χ2v) is 7.32. The highest BCUT2D eigenvalue weighted by Gasteiger charge is 2.32. The molecule has 0 spiro atoms. The molecule has 0 saturated carbocycles. The summed E-state index contributed by atoms with van der Waals surface area (Å²) < 4.78 is 0. The predicted octanol–water partition coefficient (Wildman–Crippen LogP) is 4.20. The summed E-state index contributed by atoms with van der Waals surface area (Å²) in [5, 5.41) is 11.3. The first-order valence-electron chi connectivity index (χ1n) is 7.98. The number of aliphatic hydroxyl groups is 1. The van der Waals surface area contributed by atoms with Crippen molar-refractivity contribution in [3.63, 3.8) is 0 Å². The summed E-state index contributed by atoms with van der Waals surface area (Å²) in [5.41, 5.74) is -0.0129. The summed E-state index contributed by atoms with van der Waals surface area (Å²) in [6, 6.07) is 0. The van der Waals surface area contributed by atoms with E-state index in [2.05, 4.69) is 34.7 Å². The lowest BCUT2D eigenvalue weighted by molar-refractivity contribution is 0.0426. The standard InChI is InChI=1S/C16H32BrNO/c1-4-7-16(13-17,8-5-2)14-18-11-6-9-15(3,19)10-12-18/h19H,4-14H2,1-3H3. The van der Waals surface area contributed by atoms with Gasteiger partial charge in [-0.05, 0) is 51.0 Å². The summed E-state index contributed by atoms with van der Waals surface area (Å²) in [7, 11) is 0. The molecule has 0 aromatic rings. The van der Waals surface area contributed by atoms with E-state index in [0.29, 0.717) is 5.41 Å². The monoisotopic (exact) mass is 333 g/mol. The second kappa shape index (κ2) is 7.99. The quantitative estimate of drug-likeness (QED) is 0.705. The van der Waals surface area contributed by atoms with E-state index in [-0.39, 0.29) is 0 Å².